The third-order valence-electron chi connectivity index (χ3n) is 3.51. The first-order chi connectivity index (χ1) is 9.61. The van der Waals surface area contributed by atoms with Crippen molar-refractivity contribution in [3.8, 4) is 0 Å². The third-order valence-corrected chi connectivity index (χ3v) is 4.84. The molecule has 1 aromatic carbocycles. The second-order valence-corrected chi connectivity index (χ2v) is 7.73. The monoisotopic (exact) mass is 312 g/mol. The average molecular weight is 312 g/mol. The topological polar surface area (TPSA) is 86.3 Å². The largest absolute Gasteiger partial charge is 0.466 e. The van der Waals surface area contributed by atoms with Crippen molar-refractivity contribution >= 4 is 10.0 Å². The minimum atomic E-state index is -3.82. The molecule has 0 bridgehead atoms. The lowest BCUT2D eigenvalue weighted by Crippen LogP contribution is -2.22. The number of rotatable bonds is 6. The van der Waals surface area contributed by atoms with E-state index in [9.17, 15) is 8.42 Å². The van der Waals surface area contributed by atoms with Gasteiger partial charge in [-0.3, -0.25) is 5.84 Å². The van der Waals surface area contributed by atoms with Gasteiger partial charge in [-0.25, -0.2) is 8.42 Å². The van der Waals surface area contributed by atoms with Crippen LogP contribution in [0.25, 0.3) is 4.83 Å². The molecule has 6 heteroatoms. The quantitative estimate of drug-likeness (QED) is 0.622. The molecule has 1 rings (SSSR count). The zero-order valence-corrected chi connectivity index (χ0v) is 14.5. The lowest BCUT2D eigenvalue weighted by atomic mass is 9.89. The number of sulfonamides is 1. The van der Waals surface area contributed by atoms with E-state index in [0.717, 1.165) is 16.7 Å². The van der Waals surface area contributed by atoms with E-state index in [4.69, 9.17) is 5.84 Å². The highest BCUT2D eigenvalue weighted by Gasteiger charge is 2.22. The molecule has 3 N–H and O–H groups in total. The molecule has 5 nitrogen and oxygen atoms in total. The summed E-state index contributed by atoms with van der Waals surface area (Å²) in [6.07, 6.45) is 0. The van der Waals surface area contributed by atoms with Crippen molar-refractivity contribution in [3.63, 3.8) is 0 Å². The van der Waals surface area contributed by atoms with Crippen molar-refractivity contribution in [2.45, 2.75) is 64.2 Å². The summed E-state index contributed by atoms with van der Waals surface area (Å²) in [7, 11) is -3.82. The Morgan fingerprint density at radius 3 is 1.67 bits per heavy atom. The zero-order valence-electron chi connectivity index (χ0n) is 13.6. The van der Waals surface area contributed by atoms with Crippen LogP contribution in [-0.2, 0) is 10.0 Å². The number of hydrogen-bond acceptors (Lipinski definition) is 4. The smallest absolute Gasteiger partial charge is 0.113 e. The molecule has 0 radical (unpaired) electrons. The summed E-state index contributed by atoms with van der Waals surface area (Å²) >= 11 is 0. The normalized spacial score (nSPS) is 12.7. The third kappa shape index (κ3) is 4.03. The molecule has 0 aliphatic heterocycles. The van der Waals surface area contributed by atoms with Gasteiger partial charge in [0.05, 0.1) is 4.90 Å². The van der Waals surface area contributed by atoms with Gasteiger partial charge in [0.15, 0.2) is 0 Å². The molecule has 0 saturated heterocycles. The second kappa shape index (κ2) is 6.87. The Bertz CT molecular complexity index is 564. The van der Waals surface area contributed by atoms with Crippen LogP contribution in [0.4, 0.5) is 0 Å². The summed E-state index contributed by atoms with van der Waals surface area (Å²) in [6, 6.07) is 3.94. The van der Waals surface area contributed by atoms with E-state index in [1.54, 1.807) is 0 Å². The number of nitrogens with zero attached hydrogens (tertiary/aromatic N) is 1. The van der Waals surface area contributed by atoms with Crippen LogP contribution in [0.2, 0.25) is 0 Å². The number of benzene rings is 1. The molecule has 120 valence electrons. The van der Waals surface area contributed by atoms with Crippen LogP contribution >= 0.6 is 0 Å². The van der Waals surface area contributed by atoms with Gasteiger partial charge in [0.1, 0.15) is 10.0 Å². The van der Waals surface area contributed by atoms with E-state index < -0.39 is 10.0 Å². The van der Waals surface area contributed by atoms with E-state index in [1.165, 1.54) is 0 Å². The first kappa shape index (κ1) is 18.1. The van der Waals surface area contributed by atoms with E-state index in [0.29, 0.717) is 5.92 Å². The molecule has 0 fully saturated rings. The molecule has 0 aromatic heterocycles. The van der Waals surface area contributed by atoms with E-state index in [-0.39, 0.29) is 16.7 Å². The fourth-order valence-electron chi connectivity index (χ4n) is 2.30. The minimum Gasteiger partial charge on any atom is -0.466 e. The fraction of sp³-hybridized carbons (Fsp3) is 0.600. The summed E-state index contributed by atoms with van der Waals surface area (Å²) < 4.78 is 24.9. The van der Waals surface area contributed by atoms with Crippen molar-refractivity contribution < 1.29 is 8.42 Å². The number of nitrogens with two attached hydrogens (primary N) is 1. The standard InChI is InChI=1S/C15H26N3O2S/c1-9(2)12-7-13(10(3)4)15(14(8-12)11(5)6)21(19,20)18-17-16/h7-11,17H,16H2,1-6H3/q-1. The van der Waals surface area contributed by atoms with Crippen molar-refractivity contribution in [3.05, 3.63) is 33.7 Å². The van der Waals surface area contributed by atoms with Crippen LogP contribution in [0.5, 0.6) is 0 Å². The van der Waals surface area contributed by atoms with Gasteiger partial charge in [-0.1, -0.05) is 53.7 Å². The van der Waals surface area contributed by atoms with Crippen LogP contribution in [0.15, 0.2) is 17.0 Å². The maximum absolute atomic E-state index is 12.5. The molecule has 0 amide bonds. The summed E-state index contributed by atoms with van der Waals surface area (Å²) in [5, 5.41) is 0. The fourth-order valence-corrected chi connectivity index (χ4v) is 3.72. The Balaban J connectivity index is 3.74. The molecule has 0 unspecified atom stereocenters. The first-order valence-electron chi connectivity index (χ1n) is 7.22. The van der Waals surface area contributed by atoms with Gasteiger partial charge < -0.3 is 10.4 Å². The molecular weight excluding hydrogens is 286 g/mol. The highest BCUT2D eigenvalue weighted by molar-refractivity contribution is 7.94. The predicted octanol–water partition coefficient (Wildman–Crippen LogP) is 3.50. The maximum Gasteiger partial charge on any atom is 0.113 e. The Morgan fingerprint density at radius 1 is 0.952 bits per heavy atom. The highest BCUT2D eigenvalue weighted by Crippen LogP contribution is 2.36. The molecule has 0 atom stereocenters. The van der Waals surface area contributed by atoms with E-state index in [2.05, 4.69) is 18.7 Å². The average Bonchev–Trinajstić information content (AvgIpc) is 2.36. The predicted molar refractivity (Wildman–Crippen MR) is 86.6 cm³/mol. The molecule has 0 saturated carbocycles. The lowest BCUT2D eigenvalue weighted by Gasteiger charge is -2.27. The van der Waals surface area contributed by atoms with Gasteiger partial charge >= 0.3 is 0 Å². The summed E-state index contributed by atoms with van der Waals surface area (Å²) in [5.74, 6) is 5.59. The molecule has 1 aromatic rings. The van der Waals surface area contributed by atoms with Gasteiger partial charge in [-0.15, -0.1) is 0 Å². The Kier molecular flexibility index (Phi) is 5.92. The van der Waals surface area contributed by atoms with Crippen LogP contribution < -0.4 is 11.4 Å². The first-order valence-corrected chi connectivity index (χ1v) is 8.66. The number of hydrogen-bond donors (Lipinski definition) is 2. The summed E-state index contributed by atoms with van der Waals surface area (Å²) in [5.41, 5.74) is 4.64. The van der Waals surface area contributed by atoms with E-state index in [1.807, 2.05) is 45.4 Å². The van der Waals surface area contributed by atoms with Gasteiger partial charge in [-0.05, 0) is 34.4 Å². The molecular formula is C15H26N3O2S-. The van der Waals surface area contributed by atoms with Gasteiger partial charge in [0.2, 0.25) is 0 Å². The van der Waals surface area contributed by atoms with E-state index >= 15 is 0 Å². The van der Waals surface area contributed by atoms with Crippen molar-refractivity contribution in [1.29, 1.82) is 0 Å². The van der Waals surface area contributed by atoms with Crippen LogP contribution in [0.3, 0.4) is 0 Å². The van der Waals surface area contributed by atoms with Gasteiger partial charge in [-0.2, -0.15) is 0 Å². The second-order valence-electron chi connectivity index (χ2n) is 6.19. The highest BCUT2D eigenvalue weighted by atomic mass is 32.2. The summed E-state index contributed by atoms with van der Waals surface area (Å²) in [4.78, 5) is 3.67. The Hall–Kier alpha value is -0.950. The van der Waals surface area contributed by atoms with Crippen molar-refractivity contribution in [1.82, 2.24) is 5.53 Å². The number of nitrogens with one attached hydrogen (secondary N) is 1. The Labute approximate surface area is 128 Å². The van der Waals surface area contributed by atoms with Crippen molar-refractivity contribution in [2.24, 2.45) is 5.84 Å². The molecule has 0 aliphatic rings. The van der Waals surface area contributed by atoms with Gasteiger partial charge in [0.25, 0.3) is 0 Å². The summed E-state index contributed by atoms with van der Waals surface area (Å²) in [6.45, 7) is 12.1. The molecule has 0 aliphatic carbocycles. The van der Waals surface area contributed by atoms with Crippen LogP contribution in [0, 0.1) is 0 Å². The van der Waals surface area contributed by atoms with Crippen LogP contribution in [0.1, 0.15) is 76.0 Å². The zero-order chi connectivity index (χ0) is 16.4. The minimum absolute atomic E-state index is 0.0824. The maximum atomic E-state index is 12.5. The molecule has 0 spiro atoms. The lowest BCUT2D eigenvalue weighted by molar-refractivity contribution is 0.593. The molecule has 0 heterocycles. The Morgan fingerprint density at radius 2 is 1.38 bits per heavy atom. The SMILES string of the molecule is CC(C)c1cc(C(C)C)c(S(=O)(=O)[N-]NN)c(C(C)C)c1. The van der Waals surface area contributed by atoms with Crippen molar-refractivity contribution in [2.75, 3.05) is 0 Å². The number of hydrazine groups is 1. The van der Waals surface area contributed by atoms with Gasteiger partial charge in [0, 0.05) is 0 Å². The van der Waals surface area contributed by atoms with Crippen LogP contribution in [-0.4, -0.2) is 8.42 Å². The molecule has 21 heavy (non-hydrogen) atoms.